The molecule has 2 aromatic rings. The maximum atomic E-state index is 6.21. The zero-order valence-electron chi connectivity index (χ0n) is 10.4. The van der Waals surface area contributed by atoms with Crippen LogP contribution >= 0.6 is 0 Å². The molecule has 1 unspecified atom stereocenters. The molecule has 0 spiro atoms. The number of hydrogen-bond donors (Lipinski definition) is 1. The Morgan fingerprint density at radius 1 is 1.44 bits per heavy atom. The number of benzene rings is 1. The summed E-state index contributed by atoms with van der Waals surface area (Å²) in [5.74, 6) is 0.894. The Kier molecular flexibility index (Phi) is 2.80. The Balaban J connectivity index is 1.89. The number of aryl methyl sites for hydroxylation is 1. The minimum atomic E-state index is 0.00944. The second kappa shape index (κ2) is 4.46. The van der Waals surface area contributed by atoms with Crippen LogP contribution in [0.4, 0.5) is 0 Å². The fraction of sp³-hybridized carbons (Fsp3) is 0.357. The van der Waals surface area contributed by atoms with Gasteiger partial charge in [-0.3, -0.25) is 4.68 Å². The molecule has 2 heterocycles. The van der Waals surface area contributed by atoms with Crippen molar-refractivity contribution in [3.63, 3.8) is 0 Å². The second-order valence-corrected chi connectivity index (χ2v) is 4.62. The summed E-state index contributed by atoms with van der Waals surface area (Å²) in [7, 11) is 0. The molecule has 1 aliphatic heterocycles. The molecule has 18 heavy (non-hydrogen) atoms. The molecule has 2 N–H and O–H groups in total. The molecule has 4 heteroatoms. The lowest BCUT2D eigenvalue weighted by Crippen LogP contribution is -2.23. The van der Waals surface area contributed by atoms with Crippen molar-refractivity contribution in [3.05, 3.63) is 47.8 Å². The first-order valence-electron chi connectivity index (χ1n) is 6.31. The van der Waals surface area contributed by atoms with Crippen molar-refractivity contribution in [3.8, 4) is 5.75 Å². The molecule has 0 radical (unpaired) electrons. The Hall–Kier alpha value is -1.81. The average Bonchev–Trinajstić information content (AvgIpc) is 2.87. The third-order valence-corrected chi connectivity index (χ3v) is 3.40. The Morgan fingerprint density at radius 3 is 3.06 bits per heavy atom. The van der Waals surface area contributed by atoms with Gasteiger partial charge in [0.25, 0.3) is 0 Å². The number of hydrogen-bond acceptors (Lipinski definition) is 3. The molecule has 4 nitrogen and oxygen atoms in total. The summed E-state index contributed by atoms with van der Waals surface area (Å²) in [6.45, 7) is 2.94. The van der Waals surface area contributed by atoms with Gasteiger partial charge in [0.1, 0.15) is 11.9 Å². The summed E-state index contributed by atoms with van der Waals surface area (Å²) in [6.07, 6.45) is 4.71. The average molecular weight is 243 g/mol. The van der Waals surface area contributed by atoms with Crippen molar-refractivity contribution >= 4 is 0 Å². The van der Waals surface area contributed by atoms with Crippen LogP contribution < -0.4 is 10.5 Å². The number of nitrogens with zero attached hydrogens (tertiary/aromatic N) is 2. The highest BCUT2D eigenvalue weighted by Gasteiger charge is 2.27. The van der Waals surface area contributed by atoms with Crippen LogP contribution in [0.25, 0.3) is 0 Å². The molecule has 0 saturated heterocycles. The summed E-state index contributed by atoms with van der Waals surface area (Å²) in [5, 5.41) is 4.29. The lowest BCUT2D eigenvalue weighted by atomic mass is 9.95. The minimum Gasteiger partial charge on any atom is -0.485 e. The number of rotatable bonds is 2. The Labute approximate surface area is 106 Å². The summed E-state index contributed by atoms with van der Waals surface area (Å²) >= 11 is 0. The molecule has 0 bridgehead atoms. The summed E-state index contributed by atoms with van der Waals surface area (Å²) in [6, 6.07) is 8.02. The fourth-order valence-electron chi connectivity index (χ4n) is 2.38. The molecule has 0 saturated carbocycles. The minimum absolute atomic E-state index is 0.00944. The normalized spacial score (nSPS) is 22.3. The quantitative estimate of drug-likeness (QED) is 0.881. The lowest BCUT2D eigenvalue weighted by molar-refractivity contribution is 0.161. The molecule has 0 fully saturated rings. The van der Waals surface area contributed by atoms with Crippen LogP contribution in [0.3, 0.4) is 0 Å². The van der Waals surface area contributed by atoms with Crippen molar-refractivity contribution < 1.29 is 4.74 Å². The third kappa shape index (κ3) is 1.88. The first-order valence-corrected chi connectivity index (χ1v) is 6.31. The Morgan fingerprint density at radius 2 is 2.28 bits per heavy atom. The number of aromatic nitrogens is 2. The predicted octanol–water partition coefficient (Wildman–Crippen LogP) is 2.43. The van der Waals surface area contributed by atoms with Crippen LogP contribution in [-0.2, 0) is 6.54 Å². The molecule has 1 aromatic heterocycles. The van der Waals surface area contributed by atoms with Gasteiger partial charge >= 0.3 is 0 Å². The van der Waals surface area contributed by atoms with E-state index < -0.39 is 0 Å². The SMILES string of the molecule is CCn1cc(C2C[C@H](N)c3ccccc3O2)cn1. The largest absolute Gasteiger partial charge is 0.485 e. The van der Waals surface area contributed by atoms with Gasteiger partial charge in [-0.2, -0.15) is 5.10 Å². The van der Waals surface area contributed by atoms with Gasteiger partial charge in [0, 0.05) is 36.3 Å². The highest BCUT2D eigenvalue weighted by atomic mass is 16.5. The first-order chi connectivity index (χ1) is 8.78. The van der Waals surface area contributed by atoms with E-state index in [9.17, 15) is 0 Å². The highest BCUT2D eigenvalue weighted by Crippen LogP contribution is 2.39. The molecule has 2 atom stereocenters. The molecule has 94 valence electrons. The van der Waals surface area contributed by atoms with Gasteiger partial charge in [0.15, 0.2) is 0 Å². The van der Waals surface area contributed by atoms with Crippen molar-refractivity contribution in [2.24, 2.45) is 5.73 Å². The van der Waals surface area contributed by atoms with Gasteiger partial charge in [-0.15, -0.1) is 0 Å². The molecule has 1 aromatic carbocycles. The third-order valence-electron chi connectivity index (χ3n) is 3.40. The van der Waals surface area contributed by atoms with Crippen molar-refractivity contribution in [1.29, 1.82) is 0 Å². The highest BCUT2D eigenvalue weighted by molar-refractivity contribution is 5.38. The molecule has 1 aliphatic rings. The van der Waals surface area contributed by atoms with E-state index in [0.717, 1.165) is 29.8 Å². The Bertz CT molecular complexity index is 549. The van der Waals surface area contributed by atoms with Gasteiger partial charge in [-0.1, -0.05) is 18.2 Å². The molecule has 3 rings (SSSR count). The predicted molar refractivity (Wildman–Crippen MR) is 69.3 cm³/mol. The first kappa shape index (κ1) is 11.3. The summed E-state index contributed by atoms with van der Waals surface area (Å²) in [5.41, 5.74) is 8.40. The van der Waals surface area contributed by atoms with Crippen LogP contribution in [-0.4, -0.2) is 9.78 Å². The van der Waals surface area contributed by atoms with Gasteiger partial charge in [-0.05, 0) is 13.0 Å². The van der Waals surface area contributed by atoms with E-state index >= 15 is 0 Å². The van der Waals surface area contributed by atoms with E-state index in [0.29, 0.717) is 0 Å². The topological polar surface area (TPSA) is 53.1 Å². The monoisotopic (exact) mass is 243 g/mol. The van der Waals surface area contributed by atoms with Crippen LogP contribution in [0.15, 0.2) is 36.7 Å². The van der Waals surface area contributed by atoms with E-state index in [1.54, 1.807) is 0 Å². The summed E-state index contributed by atoms with van der Waals surface area (Å²) < 4.78 is 7.92. The molecule has 0 aliphatic carbocycles. The van der Waals surface area contributed by atoms with Crippen molar-refractivity contribution in [2.45, 2.75) is 32.0 Å². The molecular formula is C14H17N3O. The number of fused-ring (bicyclic) bond motifs is 1. The summed E-state index contributed by atoms with van der Waals surface area (Å²) in [4.78, 5) is 0. The van der Waals surface area contributed by atoms with Crippen LogP contribution in [0, 0.1) is 0 Å². The van der Waals surface area contributed by atoms with Crippen molar-refractivity contribution in [2.75, 3.05) is 0 Å². The van der Waals surface area contributed by atoms with Crippen molar-refractivity contribution in [1.82, 2.24) is 9.78 Å². The maximum absolute atomic E-state index is 6.21. The van der Waals surface area contributed by atoms with E-state index in [1.807, 2.05) is 41.3 Å². The molecule has 0 amide bonds. The number of nitrogens with two attached hydrogens (primary N) is 1. The zero-order chi connectivity index (χ0) is 12.5. The zero-order valence-corrected chi connectivity index (χ0v) is 10.4. The molecular weight excluding hydrogens is 226 g/mol. The standard InChI is InChI=1S/C14H17N3O/c1-2-17-9-10(8-16-17)14-7-12(15)11-5-3-4-6-13(11)18-14/h3-6,8-9,12,14H,2,7,15H2,1H3/t12-,14?/m0/s1. The van der Waals surface area contributed by atoms with E-state index in [4.69, 9.17) is 10.5 Å². The number of para-hydroxylation sites is 1. The van der Waals surface area contributed by atoms with E-state index in [1.165, 1.54) is 0 Å². The van der Waals surface area contributed by atoms with Crippen LogP contribution in [0.1, 0.15) is 36.6 Å². The van der Waals surface area contributed by atoms with Gasteiger partial charge in [0.05, 0.1) is 6.20 Å². The number of ether oxygens (including phenoxy) is 1. The van der Waals surface area contributed by atoms with Gasteiger partial charge in [-0.25, -0.2) is 0 Å². The van der Waals surface area contributed by atoms with Gasteiger partial charge in [0.2, 0.25) is 0 Å². The van der Waals surface area contributed by atoms with Crippen LogP contribution in [0.5, 0.6) is 5.75 Å². The fourth-order valence-corrected chi connectivity index (χ4v) is 2.38. The van der Waals surface area contributed by atoms with E-state index in [-0.39, 0.29) is 12.1 Å². The lowest BCUT2D eigenvalue weighted by Gasteiger charge is -2.29. The maximum Gasteiger partial charge on any atom is 0.129 e. The van der Waals surface area contributed by atoms with E-state index in [2.05, 4.69) is 12.0 Å². The second-order valence-electron chi connectivity index (χ2n) is 4.62. The van der Waals surface area contributed by atoms with Gasteiger partial charge < -0.3 is 10.5 Å². The van der Waals surface area contributed by atoms with Crippen LogP contribution in [0.2, 0.25) is 0 Å². The smallest absolute Gasteiger partial charge is 0.129 e.